The fourth-order valence-corrected chi connectivity index (χ4v) is 6.03. The second-order valence-corrected chi connectivity index (χ2v) is 10.8. The van der Waals surface area contributed by atoms with Gasteiger partial charge in [-0.1, -0.05) is 92.3 Å². The van der Waals surface area contributed by atoms with Crippen molar-refractivity contribution in [1.29, 1.82) is 5.41 Å². The first-order valence-corrected chi connectivity index (χ1v) is 14.4. The summed E-state index contributed by atoms with van der Waals surface area (Å²) in [5.41, 5.74) is 5.25. The lowest BCUT2D eigenvalue weighted by Gasteiger charge is -2.26. The van der Waals surface area contributed by atoms with E-state index in [-0.39, 0.29) is 11.4 Å². The Kier molecular flexibility index (Phi) is 7.13. The molecule has 2 aliphatic heterocycles. The van der Waals surface area contributed by atoms with Crippen molar-refractivity contribution in [2.45, 2.75) is 32.7 Å². The molecule has 0 saturated heterocycles. The SMILES string of the molecule is CC[C@H](C)c1ccccc1OCCn1cc(/C=C2/C(=N)N3C(c4ccccc4)=CSC3=NC2=O)c2ccccc21. The average Bonchev–Trinajstić information content (AvgIpc) is 3.57. The van der Waals surface area contributed by atoms with Crippen LogP contribution in [0, 0.1) is 5.41 Å². The van der Waals surface area contributed by atoms with Gasteiger partial charge in [-0.2, -0.15) is 4.99 Å². The lowest BCUT2D eigenvalue weighted by Crippen LogP contribution is -2.38. The molecule has 0 bridgehead atoms. The summed E-state index contributed by atoms with van der Waals surface area (Å²) in [4.78, 5) is 19.2. The van der Waals surface area contributed by atoms with E-state index in [0.29, 0.717) is 24.2 Å². The molecule has 0 fully saturated rings. The number of benzene rings is 3. The maximum Gasteiger partial charge on any atom is 0.283 e. The molecule has 0 aliphatic carbocycles. The topological polar surface area (TPSA) is 70.7 Å². The van der Waals surface area contributed by atoms with Crippen LogP contribution in [0.15, 0.2) is 101 Å². The molecule has 40 heavy (non-hydrogen) atoms. The summed E-state index contributed by atoms with van der Waals surface area (Å²) in [7, 11) is 0. The molecule has 3 aromatic carbocycles. The number of nitrogens with one attached hydrogen (secondary N) is 1. The van der Waals surface area contributed by atoms with Crippen LogP contribution in [-0.2, 0) is 11.3 Å². The van der Waals surface area contributed by atoms with Gasteiger partial charge in [0.1, 0.15) is 18.2 Å². The summed E-state index contributed by atoms with van der Waals surface area (Å²) in [5.74, 6) is 1.10. The molecule has 200 valence electrons. The highest BCUT2D eigenvalue weighted by molar-refractivity contribution is 8.17. The minimum absolute atomic E-state index is 0.136. The van der Waals surface area contributed by atoms with Crippen molar-refractivity contribution in [2.75, 3.05) is 6.61 Å². The van der Waals surface area contributed by atoms with Gasteiger partial charge in [0, 0.05) is 28.1 Å². The summed E-state index contributed by atoms with van der Waals surface area (Å²) in [6.07, 6.45) is 4.89. The fraction of sp³-hybridized carbons (Fsp3) is 0.182. The van der Waals surface area contributed by atoms with Gasteiger partial charge in [-0.25, -0.2) is 0 Å². The predicted molar refractivity (Wildman–Crippen MR) is 165 cm³/mol. The van der Waals surface area contributed by atoms with E-state index >= 15 is 0 Å². The average molecular weight is 547 g/mol. The van der Waals surface area contributed by atoms with Crippen molar-refractivity contribution in [2.24, 2.45) is 4.99 Å². The fourth-order valence-electron chi connectivity index (χ4n) is 5.14. The summed E-state index contributed by atoms with van der Waals surface area (Å²) in [5, 5.41) is 12.5. The van der Waals surface area contributed by atoms with E-state index < -0.39 is 5.91 Å². The van der Waals surface area contributed by atoms with Crippen LogP contribution in [0.2, 0.25) is 0 Å². The molecule has 1 N–H and O–H groups in total. The monoisotopic (exact) mass is 546 g/mol. The molecular weight excluding hydrogens is 516 g/mol. The number of hydrogen-bond acceptors (Lipinski definition) is 4. The molecule has 0 spiro atoms. The Hall–Kier alpha value is -4.36. The number of para-hydroxylation sites is 2. The molecule has 3 heterocycles. The quantitative estimate of drug-likeness (QED) is 0.232. The first-order valence-electron chi connectivity index (χ1n) is 13.5. The number of nitrogens with zero attached hydrogens (tertiary/aromatic N) is 3. The molecule has 1 aromatic heterocycles. The summed E-state index contributed by atoms with van der Waals surface area (Å²) in [6.45, 7) is 5.57. The first kappa shape index (κ1) is 25.9. The lowest BCUT2D eigenvalue weighted by atomic mass is 9.98. The van der Waals surface area contributed by atoms with Crippen molar-refractivity contribution in [3.8, 4) is 5.75 Å². The zero-order valence-electron chi connectivity index (χ0n) is 22.5. The number of ether oxygens (including phenoxy) is 1. The zero-order chi connectivity index (χ0) is 27.6. The number of aromatic nitrogens is 1. The van der Waals surface area contributed by atoms with E-state index in [9.17, 15) is 4.79 Å². The van der Waals surface area contributed by atoms with E-state index in [2.05, 4.69) is 41.6 Å². The number of fused-ring (bicyclic) bond motifs is 2. The summed E-state index contributed by atoms with van der Waals surface area (Å²) < 4.78 is 8.40. The van der Waals surface area contributed by atoms with Crippen LogP contribution in [0.25, 0.3) is 22.7 Å². The predicted octanol–water partition coefficient (Wildman–Crippen LogP) is 7.54. The number of carbonyl (C=O) groups excluding carboxylic acids is 1. The number of rotatable bonds is 8. The number of thioether (sulfide) groups is 1. The van der Waals surface area contributed by atoms with Gasteiger partial charge in [-0.05, 0) is 41.7 Å². The van der Waals surface area contributed by atoms with Gasteiger partial charge < -0.3 is 9.30 Å². The van der Waals surface area contributed by atoms with E-state index in [1.807, 2.05) is 72.3 Å². The van der Waals surface area contributed by atoms with Gasteiger partial charge in [-0.3, -0.25) is 15.1 Å². The maximum absolute atomic E-state index is 13.1. The van der Waals surface area contributed by atoms with Crippen LogP contribution in [0.5, 0.6) is 5.75 Å². The van der Waals surface area contributed by atoms with E-state index in [0.717, 1.165) is 39.9 Å². The summed E-state index contributed by atoms with van der Waals surface area (Å²) >= 11 is 1.37. The molecule has 7 heteroatoms. The molecular formula is C33H30N4O2S. The van der Waals surface area contributed by atoms with Crippen molar-refractivity contribution in [3.63, 3.8) is 0 Å². The van der Waals surface area contributed by atoms with Crippen LogP contribution in [0.3, 0.4) is 0 Å². The van der Waals surface area contributed by atoms with Crippen LogP contribution in [-0.4, -0.2) is 33.0 Å². The third-order valence-corrected chi connectivity index (χ3v) is 8.28. The number of aliphatic imine (C=N–C) groups is 1. The molecule has 0 saturated carbocycles. The lowest BCUT2D eigenvalue weighted by molar-refractivity contribution is -0.114. The third-order valence-electron chi connectivity index (χ3n) is 7.46. The highest BCUT2D eigenvalue weighted by atomic mass is 32.2. The Bertz CT molecular complexity index is 1700. The smallest absolute Gasteiger partial charge is 0.283 e. The first-order chi connectivity index (χ1) is 19.5. The van der Waals surface area contributed by atoms with Crippen LogP contribution in [0.4, 0.5) is 0 Å². The molecule has 0 unspecified atom stereocenters. The zero-order valence-corrected chi connectivity index (χ0v) is 23.3. The normalized spacial score (nSPS) is 16.8. The number of hydrogen-bond donors (Lipinski definition) is 1. The summed E-state index contributed by atoms with van der Waals surface area (Å²) in [6, 6.07) is 26.3. The highest BCUT2D eigenvalue weighted by Gasteiger charge is 2.36. The second-order valence-electron chi connectivity index (χ2n) is 9.92. The molecule has 0 radical (unpaired) electrons. The molecule has 4 aromatic rings. The minimum atomic E-state index is -0.395. The Labute approximate surface area is 238 Å². The van der Waals surface area contributed by atoms with Crippen molar-refractivity contribution < 1.29 is 9.53 Å². The number of amides is 1. The molecule has 6 rings (SSSR count). The number of carbonyl (C=O) groups is 1. The van der Waals surface area contributed by atoms with Gasteiger partial charge in [0.15, 0.2) is 5.17 Å². The van der Waals surface area contributed by atoms with Crippen LogP contribution in [0.1, 0.15) is 42.9 Å². The van der Waals surface area contributed by atoms with E-state index in [4.69, 9.17) is 10.1 Å². The van der Waals surface area contributed by atoms with Gasteiger partial charge in [-0.15, -0.1) is 0 Å². The Balaban J connectivity index is 1.28. The maximum atomic E-state index is 13.1. The van der Waals surface area contributed by atoms with Crippen molar-refractivity contribution in [1.82, 2.24) is 9.47 Å². The van der Waals surface area contributed by atoms with E-state index in [1.165, 1.54) is 17.3 Å². The second kappa shape index (κ2) is 11.0. The van der Waals surface area contributed by atoms with E-state index in [1.54, 1.807) is 11.0 Å². The Morgan fingerprint density at radius 2 is 1.77 bits per heavy atom. The Morgan fingerprint density at radius 1 is 1.02 bits per heavy atom. The number of amidine groups is 2. The minimum Gasteiger partial charge on any atom is -0.491 e. The Morgan fingerprint density at radius 3 is 2.60 bits per heavy atom. The molecule has 2 aliphatic rings. The van der Waals surface area contributed by atoms with Crippen molar-refractivity contribution >= 4 is 51.3 Å². The molecule has 1 amide bonds. The largest absolute Gasteiger partial charge is 0.491 e. The van der Waals surface area contributed by atoms with Gasteiger partial charge in [0.05, 0.1) is 17.8 Å². The van der Waals surface area contributed by atoms with Gasteiger partial charge in [0.25, 0.3) is 5.91 Å². The highest BCUT2D eigenvalue weighted by Crippen LogP contribution is 2.38. The molecule has 1 atom stereocenters. The van der Waals surface area contributed by atoms with Crippen LogP contribution < -0.4 is 4.74 Å². The van der Waals surface area contributed by atoms with Gasteiger partial charge >= 0.3 is 0 Å². The van der Waals surface area contributed by atoms with Gasteiger partial charge in [0.2, 0.25) is 0 Å². The van der Waals surface area contributed by atoms with Crippen LogP contribution >= 0.6 is 11.8 Å². The standard InChI is InChI=1S/C33H30N4O2S/c1-3-22(2)25-13-8-10-16-30(25)39-18-17-36-20-24(26-14-7-9-15-28(26)36)19-27-31(34)37-29(23-11-5-4-6-12-23)21-40-33(37)35-32(27)38/h4-16,19-22,34H,3,17-18H2,1-2H3/b27-19-,34-31?/t22-/m0/s1. The molecule has 6 nitrogen and oxygen atoms in total. The third kappa shape index (κ3) is 4.77. The van der Waals surface area contributed by atoms with Crippen molar-refractivity contribution in [3.05, 3.63) is 113 Å².